The number of oxazole rings is 1. The number of rotatable bonds is 7. The molecule has 0 radical (unpaired) electrons. The average Bonchev–Trinajstić information content (AvgIpc) is 4.08. The van der Waals surface area contributed by atoms with Crippen molar-refractivity contribution >= 4 is 54.7 Å². The molecule has 13 aromatic rings. The Balaban J connectivity index is 1.06. The molecule has 66 heavy (non-hydrogen) atoms. The largest absolute Gasteiger partial charge is 0.435 e. The Kier molecular flexibility index (Phi) is 8.64. The summed E-state index contributed by atoms with van der Waals surface area (Å²) in [4.78, 5) is 15.8. The van der Waals surface area contributed by atoms with E-state index in [9.17, 15) is 0 Å². The van der Waals surface area contributed by atoms with E-state index in [0.29, 0.717) is 11.7 Å². The van der Waals surface area contributed by atoms with E-state index >= 15 is 0 Å². The molecule has 0 aliphatic heterocycles. The van der Waals surface area contributed by atoms with Gasteiger partial charge in [-0.2, -0.15) is 0 Å². The first-order chi connectivity index (χ1) is 32.7. The van der Waals surface area contributed by atoms with Crippen LogP contribution in [0.2, 0.25) is 0 Å². The highest BCUT2D eigenvalue weighted by molar-refractivity contribution is 6.23. The third-order valence-corrected chi connectivity index (χ3v) is 12.9. The van der Waals surface area contributed by atoms with Crippen molar-refractivity contribution in [2.45, 2.75) is 6.92 Å². The summed E-state index contributed by atoms with van der Waals surface area (Å²) < 4.78 is 11.3. The van der Waals surface area contributed by atoms with Crippen LogP contribution < -0.4 is 0 Å². The molecule has 0 saturated heterocycles. The molecule has 0 aliphatic rings. The van der Waals surface area contributed by atoms with Crippen LogP contribution in [0.15, 0.2) is 223 Å². The van der Waals surface area contributed by atoms with Crippen molar-refractivity contribution in [2.75, 3.05) is 0 Å². The van der Waals surface area contributed by atoms with Crippen molar-refractivity contribution < 1.29 is 4.42 Å². The lowest BCUT2D eigenvalue weighted by atomic mass is 9.99. The minimum absolute atomic E-state index is 0.613. The Morgan fingerprint density at radius 3 is 1.65 bits per heavy atom. The third-order valence-electron chi connectivity index (χ3n) is 12.9. The van der Waals surface area contributed by atoms with Gasteiger partial charge in [0.1, 0.15) is 11.3 Å². The molecule has 9 aromatic carbocycles. The van der Waals surface area contributed by atoms with Gasteiger partial charge in [-0.05, 0) is 72.1 Å². The second-order valence-corrected chi connectivity index (χ2v) is 16.8. The van der Waals surface area contributed by atoms with Crippen LogP contribution in [-0.2, 0) is 0 Å². The summed E-state index contributed by atoms with van der Waals surface area (Å²) in [5.74, 6) is 2.12. The van der Waals surface area contributed by atoms with E-state index in [4.69, 9.17) is 19.4 Å². The fourth-order valence-electron chi connectivity index (χ4n) is 9.86. The number of para-hydroxylation sites is 3. The first-order valence-corrected chi connectivity index (χ1v) is 22.3. The summed E-state index contributed by atoms with van der Waals surface area (Å²) in [5.41, 5.74) is 16.2. The van der Waals surface area contributed by atoms with Gasteiger partial charge in [-0.1, -0.05) is 170 Å². The van der Waals surface area contributed by atoms with Gasteiger partial charge in [0, 0.05) is 55.0 Å². The number of benzene rings is 9. The van der Waals surface area contributed by atoms with Gasteiger partial charge in [0.15, 0.2) is 11.4 Å². The van der Waals surface area contributed by atoms with Gasteiger partial charge in [-0.25, -0.2) is 15.0 Å². The van der Waals surface area contributed by atoms with Crippen molar-refractivity contribution in [3.05, 3.63) is 224 Å². The average molecular weight is 846 g/mol. The number of nitrogens with zero attached hydrogens (tertiary/aromatic N) is 5. The smallest absolute Gasteiger partial charge is 0.227 e. The number of hydrogen-bond acceptors (Lipinski definition) is 4. The van der Waals surface area contributed by atoms with Gasteiger partial charge in [-0.15, -0.1) is 0 Å². The Bertz CT molecular complexity index is 3980. The summed E-state index contributed by atoms with van der Waals surface area (Å²) in [5, 5.41) is 4.65. The van der Waals surface area contributed by atoms with E-state index < -0.39 is 0 Å². The molecule has 6 heteroatoms. The van der Waals surface area contributed by atoms with E-state index in [1.807, 2.05) is 42.5 Å². The van der Waals surface area contributed by atoms with Crippen molar-refractivity contribution in [1.82, 2.24) is 24.1 Å². The lowest BCUT2D eigenvalue weighted by Crippen LogP contribution is -2.07. The van der Waals surface area contributed by atoms with E-state index in [-0.39, 0.29) is 0 Å². The molecule has 0 fully saturated rings. The van der Waals surface area contributed by atoms with Crippen LogP contribution in [0.3, 0.4) is 0 Å². The molecule has 0 unspecified atom stereocenters. The highest BCUT2D eigenvalue weighted by atomic mass is 16.3. The van der Waals surface area contributed by atoms with Gasteiger partial charge in [0.2, 0.25) is 5.89 Å². The molecule has 13 rings (SSSR count). The highest BCUT2D eigenvalue weighted by Crippen LogP contribution is 2.43. The Morgan fingerprint density at radius 1 is 0.394 bits per heavy atom. The Hall–Kier alpha value is -8.87. The first kappa shape index (κ1) is 37.7. The SMILES string of the molecule is Cc1c(-c2cccc(-c3ccccc3)c2)nc(-c2ccccc2)nc1-n1c2ccccc2c2ccc3c4ccccc4n(-c4ccc(-c5cccc6nc(-c7ccccc7)oc56)cc4)c3c21. The van der Waals surface area contributed by atoms with Gasteiger partial charge in [0.05, 0.1) is 27.8 Å². The lowest BCUT2D eigenvalue weighted by Gasteiger charge is -2.17. The second-order valence-electron chi connectivity index (χ2n) is 16.8. The van der Waals surface area contributed by atoms with Crippen molar-refractivity contribution in [2.24, 2.45) is 0 Å². The lowest BCUT2D eigenvalue weighted by molar-refractivity contribution is 0.621. The minimum atomic E-state index is 0.613. The third kappa shape index (κ3) is 6.00. The minimum Gasteiger partial charge on any atom is -0.435 e. The van der Waals surface area contributed by atoms with Crippen molar-refractivity contribution in [3.8, 4) is 67.9 Å². The summed E-state index contributed by atoms with van der Waals surface area (Å²) in [6, 6.07) is 76.6. The molecule has 310 valence electrons. The predicted molar refractivity (Wildman–Crippen MR) is 270 cm³/mol. The number of aromatic nitrogens is 5. The summed E-state index contributed by atoms with van der Waals surface area (Å²) >= 11 is 0. The van der Waals surface area contributed by atoms with Crippen LogP contribution in [0.4, 0.5) is 0 Å². The van der Waals surface area contributed by atoms with Crippen LogP contribution in [0.25, 0.3) is 123 Å². The molecule has 0 spiro atoms. The maximum atomic E-state index is 6.47. The van der Waals surface area contributed by atoms with Gasteiger partial charge in [-0.3, -0.25) is 4.57 Å². The van der Waals surface area contributed by atoms with Crippen LogP contribution in [0, 0.1) is 6.92 Å². The van der Waals surface area contributed by atoms with Gasteiger partial charge < -0.3 is 8.98 Å². The number of fused-ring (bicyclic) bond motifs is 8. The fraction of sp³-hybridized carbons (Fsp3) is 0.0167. The van der Waals surface area contributed by atoms with Crippen LogP contribution in [0.5, 0.6) is 0 Å². The first-order valence-electron chi connectivity index (χ1n) is 22.3. The second kappa shape index (κ2) is 15.1. The summed E-state index contributed by atoms with van der Waals surface area (Å²) in [6.45, 7) is 2.17. The Morgan fingerprint density at radius 2 is 0.955 bits per heavy atom. The zero-order valence-corrected chi connectivity index (χ0v) is 35.9. The molecule has 0 atom stereocenters. The van der Waals surface area contributed by atoms with Crippen LogP contribution in [-0.4, -0.2) is 24.1 Å². The topological polar surface area (TPSA) is 61.7 Å². The van der Waals surface area contributed by atoms with E-state index in [1.165, 1.54) is 5.39 Å². The maximum absolute atomic E-state index is 6.47. The summed E-state index contributed by atoms with van der Waals surface area (Å²) in [7, 11) is 0. The molecule has 4 aromatic heterocycles. The zero-order valence-electron chi connectivity index (χ0n) is 35.9. The van der Waals surface area contributed by atoms with E-state index in [0.717, 1.165) is 111 Å². The maximum Gasteiger partial charge on any atom is 0.227 e. The molecular weight excluding hydrogens is 807 g/mol. The molecule has 4 heterocycles. The highest BCUT2D eigenvalue weighted by Gasteiger charge is 2.25. The quantitative estimate of drug-likeness (QED) is 0.160. The number of hydrogen-bond donors (Lipinski definition) is 0. The van der Waals surface area contributed by atoms with Gasteiger partial charge >= 0.3 is 0 Å². The molecule has 6 nitrogen and oxygen atoms in total. The molecule has 0 bridgehead atoms. The molecule has 0 aliphatic carbocycles. The van der Waals surface area contributed by atoms with E-state index in [1.54, 1.807) is 0 Å². The molecule has 0 saturated carbocycles. The predicted octanol–water partition coefficient (Wildman–Crippen LogP) is 15.5. The molecular formula is C60H39N5O. The van der Waals surface area contributed by atoms with Crippen molar-refractivity contribution in [3.63, 3.8) is 0 Å². The molecule has 0 N–H and O–H groups in total. The van der Waals surface area contributed by atoms with Crippen LogP contribution >= 0.6 is 0 Å². The molecule has 0 amide bonds. The van der Waals surface area contributed by atoms with Crippen LogP contribution in [0.1, 0.15) is 5.56 Å². The monoisotopic (exact) mass is 845 g/mol. The fourth-order valence-corrected chi connectivity index (χ4v) is 9.86. The van der Waals surface area contributed by atoms with E-state index in [2.05, 4.69) is 192 Å². The van der Waals surface area contributed by atoms with Gasteiger partial charge in [0.25, 0.3) is 0 Å². The Labute approximate surface area is 380 Å². The summed E-state index contributed by atoms with van der Waals surface area (Å²) in [6.07, 6.45) is 0. The standard InChI is InChI=1S/C60H39N5O/c1-38-54(44-24-15-23-43(37-44)39-17-5-2-6-18-39)62-58(41-19-7-3-8-20-41)63-59(38)65-53-30-14-12-26-48(53)50-36-35-49-47-25-11-13-29-52(47)64(55(49)56(50)65)45-33-31-40(32-34-45)46-27-16-28-51-57(46)66-60(61-51)42-21-9-4-10-22-42/h2-37H,1H3. The van der Waals surface area contributed by atoms with Crippen molar-refractivity contribution in [1.29, 1.82) is 0 Å². The zero-order chi connectivity index (χ0) is 43.7. The normalized spacial score (nSPS) is 11.7.